The van der Waals surface area contributed by atoms with E-state index in [4.69, 9.17) is 28.9 Å². The molecule has 0 spiro atoms. The van der Waals surface area contributed by atoms with Gasteiger partial charge in [0.05, 0.1) is 31.5 Å². The van der Waals surface area contributed by atoms with Crippen LogP contribution in [0.2, 0.25) is 10.0 Å². The molecule has 5 nitrogen and oxygen atoms in total. The second-order valence-electron chi connectivity index (χ2n) is 5.61. The summed E-state index contributed by atoms with van der Waals surface area (Å²) in [5.41, 5.74) is 5.03. The molecule has 0 radical (unpaired) electrons. The van der Waals surface area contributed by atoms with Gasteiger partial charge in [0.1, 0.15) is 5.82 Å². The number of halogens is 5. The van der Waals surface area contributed by atoms with E-state index < -0.39 is 21.8 Å². The maximum Gasteiger partial charge on any atom is 0.416 e. The third-order valence-electron chi connectivity index (χ3n) is 3.81. The van der Waals surface area contributed by atoms with Gasteiger partial charge in [-0.05, 0) is 42.9 Å². The van der Waals surface area contributed by atoms with Gasteiger partial charge in [-0.2, -0.15) is 13.2 Å². The second kappa shape index (κ2) is 6.97. The SMILES string of the molecule is NCCc1nc2cc(Cl)c(Cl)cc2n1S(=O)(=O)c1ccc(C(F)(F)F)cc1. The highest BCUT2D eigenvalue weighted by atomic mass is 35.5. The summed E-state index contributed by atoms with van der Waals surface area (Å²) in [5.74, 6) is 0.130. The lowest BCUT2D eigenvalue weighted by molar-refractivity contribution is -0.137. The molecule has 0 aliphatic rings. The van der Waals surface area contributed by atoms with Crippen LogP contribution in [0, 0.1) is 0 Å². The van der Waals surface area contributed by atoms with Crippen LogP contribution < -0.4 is 5.73 Å². The predicted molar refractivity (Wildman–Crippen MR) is 96.5 cm³/mol. The van der Waals surface area contributed by atoms with Crippen molar-refractivity contribution in [2.24, 2.45) is 5.73 Å². The molecule has 0 unspecified atom stereocenters. The van der Waals surface area contributed by atoms with E-state index in [2.05, 4.69) is 4.98 Å². The molecule has 1 heterocycles. The third kappa shape index (κ3) is 3.64. The fraction of sp³-hybridized carbons (Fsp3) is 0.188. The summed E-state index contributed by atoms with van der Waals surface area (Å²) in [6, 6.07) is 5.96. The van der Waals surface area contributed by atoms with Crippen LogP contribution in [0.5, 0.6) is 0 Å². The van der Waals surface area contributed by atoms with Gasteiger partial charge in [0.2, 0.25) is 0 Å². The molecule has 144 valence electrons. The Morgan fingerprint density at radius 2 is 1.67 bits per heavy atom. The summed E-state index contributed by atoms with van der Waals surface area (Å²) in [7, 11) is -4.24. The predicted octanol–water partition coefficient (Wildman–Crippen LogP) is 4.10. The van der Waals surface area contributed by atoms with Gasteiger partial charge >= 0.3 is 6.18 Å². The lowest BCUT2D eigenvalue weighted by Gasteiger charge is -2.12. The minimum atomic E-state index is -4.57. The van der Waals surface area contributed by atoms with Crippen LogP contribution in [0.25, 0.3) is 11.0 Å². The summed E-state index contributed by atoms with van der Waals surface area (Å²) < 4.78 is 65.3. The molecular weight excluding hydrogens is 426 g/mol. The normalized spacial score (nSPS) is 12.7. The number of alkyl halides is 3. The maximum absolute atomic E-state index is 13.1. The van der Waals surface area contributed by atoms with Crippen LogP contribution >= 0.6 is 23.2 Å². The topological polar surface area (TPSA) is 78.0 Å². The molecule has 0 saturated heterocycles. The number of benzene rings is 2. The largest absolute Gasteiger partial charge is 0.416 e. The molecule has 0 bridgehead atoms. The first-order valence-electron chi connectivity index (χ1n) is 7.55. The number of imidazole rings is 1. The first kappa shape index (κ1) is 19.9. The molecule has 3 rings (SSSR count). The Labute approximate surface area is 162 Å². The average Bonchev–Trinajstić information content (AvgIpc) is 2.92. The first-order chi connectivity index (χ1) is 12.6. The molecule has 1 aromatic heterocycles. The number of fused-ring (bicyclic) bond motifs is 1. The van der Waals surface area contributed by atoms with E-state index in [0.717, 1.165) is 16.1 Å². The van der Waals surface area contributed by atoms with Gasteiger partial charge in [0, 0.05) is 6.42 Å². The Morgan fingerprint density at radius 3 is 2.22 bits per heavy atom. The van der Waals surface area contributed by atoms with Crippen LogP contribution in [-0.2, 0) is 22.6 Å². The van der Waals surface area contributed by atoms with E-state index in [-0.39, 0.29) is 44.8 Å². The quantitative estimate of drug-likeness (QED) is 0.666. The van der Waals surface area contributed by atoms with Crippen LogP contribution in [0.3, 0.4) is 0 Å². The molecule has 2 N–H and O–H groups in total. The number of hydrogen-bond donors (Lipinski definition) is 1. The number of rotatable bonds is 4. The monoisotopic (exact) mass is 437 g/mol. The van der Waals surface area contributed by atoms with Crippen molar-refractivity contribution in [3.63, 3.8) is 0 Å². The molecule has 0 saturated carbocycles. The smallest absolute Gasteiger partial charge is 0.330 e. The highest BCUT2D eigenvalue weighted by molar-refractivity contribution is 7.90. The van der Waals surface area contributed by atoms with Gasteiger partial charge in [-0.1, -0.05) is 23.2 Å². The fourth-order valence-electron chi connectivity index (χ4n) is 2.58. The van der Waals surface area contributed by atoms with Crippen LogP contribution in [0.4, 0.5) is 13.2 Å². The maximum atomic E-state index is 13.1. The number of aromatic nitrogens is 2. The first-order valence-corrected chi connectivity index (χ1v) is 9.74. The van der Waals surface area contributed by atoms with E-state index >= 15 is 0 Å². The molecule has 3 aromatic rings. The Kier molecular flexibility index (Phi) is 5.15. The summed E-state index contributed by atoms with van der Waals surface area (Å²) in [6.45, 7) is 0.118. The summed E-state index contributed by atoms with van der Waals surface area (Å²) in [4.78, 5) is 3.91. The van der Waals surface area contributed by atoms with Crippen LogP contribution in [0.15, 0.2) is 41.3 Å². The lowest BCUT2D eigenvalue weighted by atomic mass is 10.2. The Bertz CT molecular complexity index is 1110. The fourth-order valence-corrected chi connectivity index (χ4v) is 4.40. The van der Waals surface area contributed by atoms with Gasteiger partial charge in [-0.15, -0.1) is 0 Å². The zero-order chi connectivity index (χ0) is 20.0. The Balaban J connectivity index is 2.23. The second-order valence-corrected chi connectivity index (χ2v) is 8.21. The van der Waals surface area contributed by atoms with Crippen molar-refractivity contribution >= 4 is 44.3 Å². The zero-order valence-corrected chi connectivity index (χ0v) is 15.8. The van der Waals surface area contributed by atoms with Gasteiger partial charge < -0.3 is 5.73 Å². The third-order valence-corrected chi connectivity index (χ3v) is 6.29. The van der Waals surface area contributed by atoms with E-state index in [1.807, 2.05) is 0 Å². The van der Waals surface area contributed by atoms with E-state index in [1.54, 1.807) is 0 Å². The van der Waals surface area contributed by atoms with Crippen molar-refractivity contribution in [2.45, 2.75) is 17.5 Å². The van der Waals surface area contributed by atoms with Crippen molar-refractivity contribution in [3.8, 4) is 0 Å². The highest BCUT2D eigenvalue weighted by Gasteiger charge is 2.31. The van der Waals surface area contributed by atoms with Crippen molar-refractivity contribution in [1.29, 1.82) is 0 Å². The molecular formula is C16H12Cl2F3N3O2S. The van der Waals surface area contributed by atoms with Gasteiger partial charge in [0.15, 0.2) is 0 Å². The molecule has 0 aliphatic carbocycles. The summed E-state index contributed by atoms with van der Waals surface area (Å²) >= 11 is 12.0. The van der Waals surface area contributed by atoms with E-state index in [1.165, 1.54) is 12.1 Å². The van der Waals surface area contributed by atoms with Crippen LogP contribution in [0.1, 0.15) is 11.4 Å². The molecule has 0 aliphatic heterocycles. The molecule has 27 heavy (non-hydrogen) atoms. The van der Waals surface area contributed by atoms with E-state index in [0.29, 0.717) is 12.1 Å². The van der Waals surface area contributed by atoms with Crippen LogP contribution in [-0.4, -0.2) is 23.9 Å². The molecule has 0 atom stereocenters. The molecule has 0 fully saturated rings. The van der Waals surface area contributed by atoms with Crippen molar-refractivity contribution in [3.05, 3.63) is 57.8 Å². The molecule has 0 amide bonds. The number of hydrogen-bond acceptors (Lipinski definition) is 4. The standard InChI is InChI=1S/C16H12Cl2F3N3O2S/c17-11-7-13-14(8-12(11)18)24(15(23-13)5-6-22)27(25,26)10-3-1-9(2-4-10)16(19,20)21/h1-4,7-8H,5-6,22H2. The molecule has 2 aromatic carbocycles. The van der Waals surface area contributed by atoms with Crippen molar-refractivity contribution in [1.82, 2.24) is 8.96 Å². The zero-order valence-electron chi connectivity index (χ0n) is 13.5. The van der Waals surface area contributed by atoms with Crippen molar-refractivity contribution < 1.29 is 21.6 Å². The van der Waals surface area contributed by atoms with Crippen molar-refractivity contribution in [2.75, 3.05) is 6.54 Å². The lowest BCUT2D eigenvalue weighted by Crippen LogP contribution is -2.18. The Morgan fingerprint density at radius 1 is 1.07 bits per heavy atom. The van der Waals surface area contributed by atoms with Gasteiger partial charge in [-0.3, -0.25) is 0 Å². The average molecular weight is 438 g/mol. The Hall–Kier alpha value is -1.81. The number of nitrogens with zero attached hydrogens (tertiary/aromatic N) is 2. The minimum absolute atomic E-state index is 0.118. The number of nitrogens with two attached hydrogens (primary N) is 1. The van der Waals surface area contributed by atoms with Gasteiger partial charge in [-0.25, -0.2) is 17.4 Å². The summed E-state index contributed by atoms with van der Waals surface area (Å²) in [5, 5.41) is 0.312. The summed E-state index contributed by atoms with van der Waals surface area (Å²) in [6.07, 6.45) is -4.44. The van der Waals surface area contributed by atoms with Gasteiger partial charge in [0.25, 0.3) is 10.0 Å². The van der Waals surface area contributed by atoms with E-state index in [9.17, 15) is 21.6 Å². The highest BCUT2D eigenvalue weighted by Crippen LogP contribution is 2.33. The minimum Gasteiger partial charge on any atom is -0.330 e. The molecule has 11 heteroatoms.